The Labute approximate surface area is 160 Å². The number of esters is 1. The van der Waals surface area contributed by atoms with Crippen LogP contribution in [-0.4, -0.2) is 18.4 Å². The topological polar surface area (TPSA) is 46.6 Å². The highest BCUT2D eigenvalue weighted by Crippen LogP contribution is 2.46. The van der Waals surface area contributed by atoms with Crippen molar-refractivity contribution in [3.63, 3.8) is 0 Å². The van der Waals surface area contributed by atoms with Crippen LogP contribution in [0.25, 0.3) is 10.8 Å². The van der Waals surface area contributed by atoms with E-state index in [0.717, 1.165) is 42.1 Å². The Balaban J connectivity index is 1.71. The molecule has 1 amide bonds. The lowest BCUT2D eigenvalue weighted by Gasteiger charge is -2.29. The quantitative estimate of drug-likeness (QED) is 0.565. The van der Waals surface area contributed by atoms with E-state index in [-0.39, 0.29) is 17.3 Å². The van der Waals surface area contributed by atoms with E-state index in [2.05, 4.69) is 13.0 Å². The summed E-state index contributed by atoms with van der Waals surface area (Å²) in [5, 5.41) is 2.01. The van der Waals surface area contributed by atoms with Crippen molar-refractivity contribution >= 4 is 28.3 Å². The molecule has 0 radical (unpaired) electrons. The van der Waals surface area contributed by atoms with E-state index in [9.17, 15) is 9.59 Å². The van der Waals surface area contributed by atoms with Gasteiger partial charge in [0, 0.05) is 31.3 Å². The molecule has 1 aliphatic heterocycles. The molecule has 2 aromatic carbocycles. The largest absolute Gasteiger partial charge is 0.426 e. The number of hydrogen-bond donors (Lipinski definition) is 0. The highest BCUT2D eigenvalue weighted by molar-refractivity contribution is 6.03. The first-order chi connectivity index (χ1) is 13.0. The molecule has 0 spiro atoms. The van der Waals surface area contributed by atoms with Crippen LogP contribution in [0.15, 0.2) is 30.3 Å². The number of nitrogens with zero attached hydrogens (tertiary/aromatic N) is 1. The molecule has 1 fully saturated rings. The molecule has 142 valence electrons. The molecule has 0 unspecified atom stereocenters. The summed E-state index contributed by atoms with van der Waals surface area (Å²) in [6.45, 7) is 4.33. The van der Waals surface area contributed by atoms with Gasteiger partial charge in [0.15, 0.2) is 0 Å². The molecule has 0 atom stereocenters. The molecule has 1 aliphatic carbocycles. The Morgan fingerprint density at radius 3 is 2.52 bits per heavy atom. The van der Waals surface area contributed by atoms with Gasteiger partial charge in [-0.25, -0.2) is 0 Å². The molecule has 2 aliphatic rings. The fourth-order valence-corrected chi connectivity index (χ4v) is 4.93. The van der Waals surface area contributed by atoms with E-state index in [1.54, 1.807) is 0 Å². The first-order valence-electron chi connectivity index (χ1n) is 10.1. The molecule has 0 N–H and O–H groups in total. The molecule has 2 aromatic rings. The van der Waals surface area contributed by atoms with E-state index in [0.29, 0.717) is 18.7 Å². The van der Waals surface area contributed by atoms with Crippen LogP contribution in [0.2, 0.25) is 0 Å². The Morgan fingerprint density at radius 2 is 1.85 bits per heavy atom. The molecule has 1 saturated carbocycles. The summed E-state index contributed by atoms with van der Waals surface area (Å²) in [7, 11) is 0. The zero-order valence-corrected chi connectivity index (χ0v) is 16.2. The fraction of sp³-hybridized carbons (Fsp3) is 0.478. The summed E-state index contributed by atoms with van der Waals surface area (Å²) in [5.41, 5.74) is 2.28. The van der Waals surface area contributed by atoms with Crippen molar-refractivity contribution in [1.82, 2.24) is 0 Å². The van der Waals surface area contributed by atoms with Crippen LogP contribution >= 0.6 is 0 Å². The average Bonchev–Trinajstić information content (AvgIpc) is 3.29. The minimum Gasteiger partial charge on any atom is -0.426 e. The summed E-state index contributed by atoms with van der Waals surface area (Å²) in [5.74, 6) is 0.413. The van der Waals surface area contributed by atoms with Gasteiger partial charge in [-0.15, -0.1) is 0 Å². The summed E-state index contributed by atoms with van der Waals surface area (Å²) in [6, 6.07) is 9.86. The molecule has 1 heterocycles. The third-order valence-corrected chi connectivity index (χ3v) is 6.47. The van der Waals surface area contributed by atoms with E-state index in [1.807, 2.05) is 29.2 Å². The van der Waals surface area contributed by atoms with Crippen LogP contribution < -0.4 is 9.64 Å². The SMILES string of the molecule is CCC1(CC(=O)N2CCc3c2cc(OC(C)=O)c2ccccc32)CCCC1. The monoisotopic (exact) mass is 365 g/mol. The number of amides is 1. The Kier molecular flexibility index (Phi) is 4.67. The van der Waals surface area contributed by atoms with Crippen molar-refractivity contribution < 1.29 is 14.3 Å². The number of rotatable bonds is 4. The second-order valence-corrected chi connectivity index (χ2v) is 8.04. The number of anilines is 1. The van der Waals surface area contributed by atoms with Gasteiger partial charge in [-0.2, -0.15) is 0 Å². The molecule has 27 heavy (non-hydrogen) atoms. The predicted molar refractivity (Wildman–Crippen MR) is 107 cm³/mol. The Hall–Kier alpha value is -2.36. The van der Waals surface area contributed by atoms with E-state index >= 15 is 0 Å². The lowest BCUT2D eigenvalue weighted by molar-refractivity contribution is -0.131. The summed E-state index contributed by atoms with van der Waals surface area (Å²) >= 11 is 0. The maximum absolute atomic E-state index is 13.2. The van der Waals surface area contributed by atoms with Gasteiger partial charge in [-0.1, -0.05) is 44.0 Å². The number of ether oxygens (including phenoxy) is 1. The smallest absolute Gasteiger partial charge is 0.308 e. The lowest BCUT2D eigenvalue weighted by atomic mass is 9.80. The van der Waals surface area contributed by atoms with Gasteiger partial charge in [0.05, 0.1) is 5.69 Å². The number of benzene rings is 2. The van der Waals surface area contributed by atoms with Gasteiger partial charge < -0.3 is 9.64 Å². The molecule has 0 saturated heterocycles. The third kappa shape index (κ3) is 3.22. The molecule has 4 nitrogen and oxygen atoms in total. The van der Waals surface area contributed by atoms with Crippen molar-refractivity contribution in [2.24, 2.45) is 5.41 Å². The first-order valence-corrected chi connectivity index (χ1v) is 10.1. The number of fused-ring (bicyclic) bond motifs is 3. The summed E-state index contributed by atoms with van der Waals surface area (Å²) in [4.78, 5) is 26.7. The molecule has 0 aromatic heterocycles. The normalized spacial score (nSPS) is 17.9. The molecule has 4 rings (SSSR count). The predicted octanol–water partition coefficient (Wildman–Crippen LogP) is 5.01. The van der Waals surface area contributed by atoms with Gasteiger partial charge in [0.1, 0.15) is 5.75 Å². The van der Waals surface area contributed by atoms with E-state index < -0.39 is 0 Å². The standard InChI is InChI=1S/C23H27NO3/c1-3-23(11-6-7-12-23)15-22(26)24-13-10-18-17-8-4-5-9-19(17)21(14-20(18)24)27-16(2)25/h4-5,8-9,14H,3,6-7,10-13,15H2,1-2H3. The first kappa shape index (κ1) is 18.0. The molecule has 4 heteroatoms. The fourth-order valence-electron chi connectivity index (χ4n) is 4.93. The lowest BCUT2D eigenvalue weighted by Crippen LogP contribution is -2.33. The molecular formula is C23H27NO3. The second-order valence-electron chi connectivity index (χ2n) is 8.04. The van der Waals surface area contributed by atoms with Crippen LogP contribution in [0.5, 0.6) is 5.75 Å². The van der Waals surface area contributed by atoms with Crippen molar-refractivity contribution in [2.75, 3.05) is 11.4 Å². The van der Waals surface area contributed by atoms with E-state index in [4.69, 9.17) is 4.74 Å². The van der Waals surface area contributed by atoms with Gasteiger partial charge in [0.25, 0.3) is 0 Å². The Morgan fingerprint density at radius 1 is 1.15 bits per heavy atom. The van der Waals surface area contributed by atoms with Gasteiger partial charge in [0.2, 0.25) is 5.91 Å². The molecular weight excluding hydrogens is 338 g/mol. The summed E-state index contributed by atoms with van der Waals surface area (Å²) < 4.78 is 5.48. The maximum atomic E-state index is 13.2. The van der Waals surface area contributed by atoms with E-state index in [1.165, 1.54) is 25.3 Å². The third-order valence-electron chi connectivity index (χ3n) is 6.47. The van der Waals surface area contributed by atoms with Crippen molar-refractivity contribution in [3.8, 4) is 5.75 Å². The number of hydrogen-bond acceptors (Lipinski definition) is 3. The molecule has 0 bridgehead atoms. The zero-order valence-electron chi connectivity index (χ0n) is 16.2. The summed E-state index contributed by atoms with van der Waals surface area (Å²) in [6.07, 6.45) is 7.33. The number of carbonyl (C=O) groups is 2. The van der Waals surface area contributed by atoms with Crippen LogP contribution in [0.3, 0.4) is 0 Å². The Bertz CT molecular complexity index is 896. The van der Waals surface area contributed by atoms with Gasteiger partial charge >= 0.3 is 5.97 Å². The van der Waals surface area contributed by atoms with Gasteiger partial charge in [-0.3, -0.25) is 9.59 Å². The van der Waals surface area contributed by atoms with Crippen molar-refractivity contribution in [2.45, 2.75) is 58.8 Å². The van der Waals surface area contributed by atoms with Crippen LogP contribution in [0, 0.1) is 5.41 Å². The minimum atomic E-state index is -0.341. The zero-order chi connectivity index (χ0) is 19.0. The maximum Gasteiger partial charge on any atom is 0.308 e. The van der Waals surface area contributed by atoms with Crippen LogP contribution in [0.4, 0.5) is 5.69 Å². The van der Waals surface area contributed by atoms with Gasteiger partial charge in [-0.05, 0) is 42.0 Å². The average molecular weight is 365 g/mol. The van der Waals surface area contributed by atoms with Crippen molar-refractivity contribution in [3.05, 3.63) is 35.9 Å². The van der Waals surface area contributed by atoms with Crippen LogP contribution in [-0.2, 0) is 16.0 Å². The second kappa shape index (κ2) is 6.99. The minimum absolute atomic E-state index is 0.176. The van der Waals surface area contributed by atoms with Crippen molar-refractivity contribution in [1.29, 1.82) is 0 Å². The number of carbonyl (C=O) groups excluding carboxylic acids is 2. The highest BCUT2D eigenvalue weighted by Gasteiger charge is 2.37. The highest BCUT2D eigenvalue weighted by atomic mass is 16.5. The van der Waals surface area contributed by atoms with Crippen LogP contribution in [0.1, 0.15) is 57.9 Å².